The summed E-state index contributed by atoms with van der Waals surface area (Å²) in [5, 5.41) is 0.0908. The van der Waals surface area contributed by atoms with E-state index in [1.165, 1.54) is 0 Å². The van der Waals surface area contributed by atoms with E-state index in [9.17, 15) is 4.79 Å². The van der Waals surface area contributed by atoms with Gasteiger partial charge in [-0.2, -0.15) is 4.98 Å². The normalized spacial score (nSPS) is 10.4. The van der Waals surface area contributed by atoms with Crippen LogP contribution in [0.4, 0.5) is 0 Å². The summed E-state index contributed by atoms with van der Waals surface area (Å²) in [7, 11) is 0. The van der Waals surface area contributed by atoms with Gasteiger partial charge in [-0.3, -0.25) is 4.79 Å². The van der Waals surface area contributed by atoms with Crippen LogP contribution in [0.25, 0.3) is 11.1 Å². The Bertz CT molecular complexity index is 436. The lowest BCUT2D eigenvalue weighted by atomic mass is 10.2. The van der Waals surface area contributed by atoms with Crippen LogP contribution in [-0.4, -0.2) is 11.3 Å². The van der Waals surface area contributed by atoms with E-state index in [-0.39, 0.29) is 5.35 Å². The molecule has 0 saturated heterocycles. The molecule has 12 heavy (non-hydrogen) atoms. The van der Waals surface area contributed by atoms with Gasteiger partial charge in [-0.15, -0.1) is 0 Å². The Kier molecular flexibility index (Phi) is 1.59. The summed E-state index contributed by atoms with van der Waals surface area (Å²) in [5.74, 6) is 0. The summed E-state index contributed by atoms with van der Waals surface area (Å²) in [5.41, 5.74) is 1.75. The molecule has 4 heteroatoms. The van der Waals surface area contributed by atoms with Crippen molar-refractivity contribution in [2.45, 2.75) is 0 Å². The van der Waals surface area contributed by atoms with Gasteiger partial charge in [0.25, 0.3) is 5.35 Å². The number of carbonyl (C=O) groups is 1. The fraction of sp³-hybridized carbons (Fsp3) is 0. The highest BCUT2D eigenvalue weighted by Gasteiger charge is 2.02. The number of rotatable bonds is 1. The van der Waals surface area contributed by atoms with E-state index in [1.54, 1.807) is 18.2 Å². The Hall–Kier alpha value is -1.35. The van der Waals surface area contributed by atoms with Crippen molar-refractivity contribution in [3.63, 3.8) is 0 Å². The third-order valence-corrected chi connectivity index (χ3v) is 1.68. The van der Waals surface area contributed by atoms with Gasteiger partial charge in [0.1, 0.15) is 11.8 Å². The van der Waals surface area contributed by atoms with Gasteiger partial charge in [-0.1, -0.05) is 0 Å². The number of nitrogens with zero attached hydrogens (tertiary/aromatic N) is 1. The van der Waals surface area contributed by atoms with Crippen LogP contribution >= 0.6 is 11.6 Å². The summed E-state index contributed by atoms with van der Waals surface area (Å²) in [6, 6.07) is 4.94. The summed E-state index contributed by atoms with van der Waals surface area (Å²) in [4.78, 5) is 14.2. The van der Waals surface area contributed by atoms with Gasteiger partial charge in [0.2, 0.25) is 0 Å². The maximum absolute atomic E-state index is 10.4. The molecule has 0 N–H and O–H groups in total. The second-order valence-corrected chi connectivity index (χ2v) is 2.64. The highest BCUT2D eigenvalue weighted by atomic mass is 35.5. The minimum atomic E-state index is 0.0908. The first-order valence-electron chi connectivity index (χ1n) is 3.31. The number of carbonyl (C=O) groups excluding carboxylic acids is 1. The van der Waals surface area contributed by atoms with Gasteiger partial charge < -0.3 is 4.42 Å². The summed E-state index contributed by atoms with van der Waals surface area (Å²) in [6.45, 7) is 0. The molecule has 0 spiro atoms. The molecule has 1 aromatic heterocycles. The molecule has 1 heterocycles. The Morgan fingerprint density at radius 3 is 3.08 bits per heavy atom. The maximum Gasteiger partial charge on any atom is 0.293 e. The summed E-state index contributed by atoms with van der Waals surface area (Å²) >= 11 is 5.51. The van der Waals surface area contributed by atoms with Crippen LogP contribution in [0.15, 0.2) is 22.6 Å². The van der Waals surface area contributed by atoms with Crippen LogP contribution in [-0.2, 0) is 0 Å². The topological polar surface area (TPSA) is 43.1 Å². The van der Waals surface area contributed by atoms with Crippen molar-refractivity contribution in [3.05, 3.63) is 29.1 Å². The van der Waals surface area contributed by atoms with E-state index in [2.05, 4.69) is 4.98 Å². The molecule has 0 aliphatic rings. The Morgan fingerprint density at radius 1 is 1.50 bits per heavy atom. The van der Waals surface area contributed by atoms with Crippen LogP contribution in [0.2, 0.25) is 5.35 Å². The van der Waals surface area contributed by atoms with Gasteiger partial charge in [0, 0.05) is 5.56 Å². The van der Waals surface area contributed by atoms with Crippen molar-refractivity contribution in [2.75, 3.05) is 0 Å². The Balaban J connectivity index is 2.74. The smallest absolute Gasteiger partial charge is 0.293 e. The molecule has 1 aromatic carbocycles. The minimum Gasteiger partial charge on any atom is -0.428 e. The van der Waals surface area contributed by atoms with Crippen LogP contribution in [0.1, 0.15) is 10.4 Å². The Morgan fingerprint density at radius 2 is 2.33 bits per heavy atom. The summed E-state index contributed by atoms with van der Waals surface area (Å²) < 4.78 is 5.01. The van der Waals surface area contributed by atoms with E-state index < -0.39 is 0 Å². The number of aldehydes is 1. The quantitative estimate of drug-likeness (QED) is 0.634. The zero-order valence-electron chi connectivity index (χ0n) is 5.95. The molecular formula is C8H4ClNO2. The maximum atomic E-state index is 10.4. The van der Waals surface area contributed by atoms with E-state index in [0.717, 1.165) is 6.29 Å². The zero-order valence-corrected chi connectivity index (χ0v) is 6.71. The number of fused-ring (bicyclic) bond motifs is 1. The van der Waals surface area contributed by atoms with Crippen molar-refractivity contribution < 1.29 is 9.21 Å². The highest BCUT2D eigenvalue weighted by molar-refractivity contribution is 6.28. The molecule has 0 bridgehead atoms. The third kappa shape index (κ3) is 1.08. The van der Waals surface area contributed by atoms with Crippen molar-refractivity contribution in [2.24, 2.45) is 0 Å². The minimum absolute atomic E-state index is 0.0908. The predicted molar refractivity (Wildman–Crippen MR) is 44.4 cm³/mol. The van der Waals surface area contributed by atoms with Crippen LogP contribution in [0, 0.1) is 0 Å². The molecule has 0 atom stereocenters. The van der Waals surface area contributed by atoms with Crippen LogP contribution in [0.5, 0.6) is 0 Å². The number of benzene rings is 1. The molecule has 0 amide bonds. The van der Waals surface area contributed by atoms with Crippen molar-refractivity contribution >= 4 is 29.0 Å². The highest BCUT2D eigenvalue weighted by Crippen LogP contribution is 2.19. The summed E-state index contributed by atoms with van der Waals surface area (Å²) in [6.07, 6.45) is 0.752. The number of hydrogen-bond acceptors (Lipinski definition) is 3. The third-order valence-electron chi connectivity index (χ3n) is 1.52. The molecule has 0 unspecified atom stereocenters. The fourth-order valence-corrected chi connectivity index (χ4v) is 1.16. The largest absolute Gasteiger partial charge is 0.428 e. The number of hydrogen-bond donors (Lipinski definition) is 0. The predicted octanol–water partition coefficient (Wildman–Crippen LogP) is 2.29. The second-order valence-electron chi connectivity index (χ2n) is 2.31. The van der Waals surface area contributed by atoms with Gasteiger partial charge >= 0.3 is 0 Å². The lowest BCUT2D eigenvalue weighted by molar-refractivity contribution is 0.112. The molecular weight excluding hydrogens is 178 g/mol. The Labute approximate surface area is 73.0 Å². The van der Waals surface area contributed by atoms with Gasteiger partial charge in [-0.25, -0.2) is 0 Å². The zero-order chi connectivity index (χ0) is 8.55. The molecule has 3 nitrogen and oxygen atoms in total. The first kappa shape index (κ1) is 7.31. The molecule has 0 aliphatic heterocycles. The first-order chi connectivity index (χ1) is 5.79. The lowest BCUT2D eigenvalue weighted by Gasteiger charge is -1.86. The van der Waals surface area contributed by atoms with Gasteiger partial charge in [0.05, 0.1) is 0 Å². The number of oxazole rings is 1. The molecule has 60 valence electrons. The van der Waals surface area contributed by atoms with Crippen molar-refractivity contribution in [1.29, 1.82) is 0 Å². The van der Waals surface area contributed by atoms with Gasteiger partial charge in [-0.05, 0) is 29.8 Å². The van der Waals surface area contributed by atoms with E-state index in [0.29, 0.717) is 16.7 Å². The average Bonchev–Trinajstić information content (AvgIpc) is 2.43. The second kappa shape index (κ2) is 2.60. The van der Waals surface area contributed by atoms with Gasteiger partial charge in [0.15, 0.2) is 5.58 Å². The molecule has 2 aromatic rings. The van der Waals surface area contributed by atoms with Crippen LogP contribution in [0.3, 0.4) is 0 Å². The number of aromatic nitrogens is 1. The molecule has 0 fully saturated rings. The average molecular weight is 182 g/mol. The monoisotopic (exact) mass is 181 g/mol. The molecule has 0 radical (unpaired) electrons. The van der Waals surface area contributed by atoms with E-state index in [1.807, 2.05) is 0 Å². The molecule has 2 rings (SSSR count). The van der Waals surface area contributed by atoms with Crippen molar-refractivity contribution in [1.82, 2.24) is 4.98 Å². The van der Waals surface area contributed by atoms with Crippen LogP contribution < -0.4 is 0 Å². The van der Waals surface area contributed by atoms with E-state index >= 15 is 0 Å². The molecule has 0 saturated carbocycles. The lowest BCUT2D eigenvalue weighted by Crippen LogP contribution is -1.77. The molecule has 0 aliphatic carbocycles. The van der Waals surface area contributed by atoms with Crippen molar-refractivity contribution in [3.8, 4) is 0 Å². The SMILES string of the molecule is O=Cc1ccc2oc(Cl)nc2c1. The number of halogens is 1. The fourth-order valence-electron chi connectivity index (χ4n) is 0.990. The van der Waals surface area contributed by atoms with E-state index in [4.69, 9.17) is 16.0 Å². The first-order valence-corrected chi connectivity index (χ1v) is 3.68. The standard InChI is InChI=1S/C8H4ClNO2/c9-8-10-6-3-5(4-11)1-2-7(6)12-8/h1-4H.